The molecule has 1 amide bonds. The fourth-order valence-electron chi connectivity index (χ4n) is 3.93. The van der Waals surface area contributed by atoms with Gasteiger partial charge in [-0.05, 0) is 44.7 Å². The van der Waals surface area contributed by atoms with Crippen molar-refractivity contribution in [2.45, 2.75) is 68.5 Å². The lowest BCUT2D eigenvalue weighted by Gasteiger charge is -2.33. The molecule has 1 aliphatic heterocycles. The molecule has 1 aliphatic carbocycles. The van der Waals surface area contributed by atoms with E-state index < -0.39 is 10.0 Å². The highest BCUT2D eigenvalue weighted by molar-refractivity contribution is 7.91. The number of hydrogen-bond donors (Lipinski definition) is 0. The van der Waals surface area contributed by atoms with Crippen LogP contribution in [-0.2, 0) is 21.2 Å². The van der Waals surface area contributed by atoms with E-state index in [9.17, 15) is 13.2 Å². The number of thiophene rings is 1. The Balaban J connectivity index is 1.66. The molecular weight excluding hydrogens is 356 g/mol. The number of likely N-dealkylation sites (N-methyl/N-ethyl adjacent to an activating group) is 1. The van der Waals surface area contributed by atoms with Crippen molar-refractivity contribution in [1.29, 1.82) is 0 Å². The van der Waals surface area contributed by atoms with E-state index >= 15 is 0 Å². The Bertz CT molecular complexity index is 687. The highest BCUT2D eigenvalue weighted by Crippen LogP contribution is 2.29. The lowest BCUT2D eigenvalue weighted by atomic mass is 9.94. The minimum Gasteiger partial charge on any atom is -0.340 e. The Morgan fingerprint density at radius 3 is 2.48 bits per heavy atom. The normalized spacial score (nSPS) is 20.0. The Kier molecular flexibility index (Phi) is 6.17. The van der Waals surface area contributed by atoms with E-state index in [1.807, 2.05) is 11.8 Å². The van der Waals surface area contributed by atoms with Crippen LogP contribution in [0.3, 0.4) is 0 Å². The molecule has 0 spiro atoms. The third-order valence-electron chi connectivity index (χ3n) is 5.30. The van der Waals surface area contributed by atoms with Crippen LogP contribution >= 0.6 is 11.3 Å². The second kappa shape index (κ2) is 8.18. The summed E-state index contributed by atoms with van der Waals surface area (Å²) in [6.45, 7) is 3.98. The van der Waals surface area contributed by atoms with Crippen molar-refractivity contribution in [3.8, 4) is 0 Å². The van der Waals surface area contributed by atoms with E-state index in [0.29, 0.717) is 29.8 Å². The molecule has 0 radical (unpaired) electrons. The second-order valence-corrected chi connectivity index (χ2v) is 10.3. The number of sulfonamides is 1. The molecule has 0 N–H and O–H groups in total. The average molecular weight is 385 g/mol. The zero-order chi connectivity index (χ0) is 17.9. The van der Waals surface area contributed by atoms with Gasteiger partial charge in [0.15, 0.2) is 0 Å². The Hall–Kier alpha value is -0.920. The van der Waals surface area contributed by atoms with Gasteiger partial charge in [-0.25, -0.2) is 8.42 Å². The third-order valence-corrected chi connectivity index (χ3v) is 8.75. The molecule has 3 rings (SSSR count). The van der Waals surface area contributed by atoms with E-state index in [1.165, 1.54) is 30.6 Å². The van der Waals surface area contributed by atoms with Crippen molar-refractivity contribution in [2.24, 2.45) is 0 Å². The fourth-order valence-corrected chi connectivity index (χ4v) is 6.95. The lowest BCUT2D eigenvalue weighted by Crippen LogP contribution is -2.42. The third kappa shape index (κ3) is 4.26. The summed E-state index contributed by atoms with van der Waals surface area (Å²) in [5, 5.41) is 0. The first-order valence-electron chi connectivity index (χ1n) is 9.40. The molecule has 0 unspecified atom stereocenters. The van der Waals surface area contributed by atoms with E-state index in [1.54, 1.807) is 16.4 Å². The quantitative estimate of drug-likeness (QED) is 0.756. The number of hydrogen-bond acceptors (Lipinski definition) is 4. The van der Waals surface area contributed by atoms with Gasteiger partial charge in [-0.3, -0.25) is 4.79 Å². The van der Waals surface area contributed by atoms with Crippen LogP contribution in [0.15, 0.2) is 16.3 Å². The second-order valence-electron chi connectivity index (χ2n) is 6.98. The van der Waals surface area contributed by atoms with Gasteiger partial charge in [0.2, 0.25) is 5.91 Å². The SMILES string of the molecule is CCN(C(=O)Cc1ccc(S(=O)(=O)N2CCCC2)s1)C1CCCCC1. The minimum atomic E-state index is -3.37. The van der Waals surface area contributed by atoms with E-state index in [-0.39, 0.29) is 5.91 Å². The zero-order valence-electron chi connectivity index (χ0n) is 14.9. The van der Waals surface area contributed by atoms with Gasteiger partial charge in [0.05, 0.1) is 6.42 Å². The van der Waals surface area contributed by atoms with Gasteiger partial charge in [-0.2, -0.15) is 4.31 Å². The largest absolute Gasteiger partial charge is 0.340 e. The number of nitrogens with zero attached hydrogens (tertiary/aromatic N) is 2. The van der Waals surface area contributed by atoms with E-state index in [2.05, 4.69) is 0 Å². The number of amides is 1. The molecule has 2 aliphatic rings. The molecule has 1 saturated heterocycles. The monoisotopic (exact) mass is 384 g/mol. The van der Waals surface area contributed by atoms with Crippen LogP contribution < -0.4 is 0 Å². The summed E-state index contributed by atoms with van der Waals surface area (Å²) in [6, 6.07) is 3.83. The zero-order valence-corrected chi connectivity index (χ0v) is 16.6. The van der Waals surface area contributed by atoms with Crippen molar-refractivity contribution in [3.63, 3.8) is 0 Å². The number of carbonyl (C=O) groups excluding carboxylic acids is 1. The Labute approximate surface area is 155 Å². The maximum Gasteiger partial charge on any atom is 0.252 e. The highest BCUT2D eigenvalue weighted by Gasteiger charge is 2.29. The molecule has 1 saturated carbocycles. The van der Waals surface area contributed by atoms with Gasteiger partial charge in [-0.15, -0.1) is 11.3 Å². The predicted octanol–water partition coefficient (Wildman–Crippen LogP) is 3.26. The molecule has 0 aromatic carbocycles. The molecule has 0 atom stereocenters. The minimum absolute atomic E-state index is 0.126. The van der Waals surface area contributed by atoms with Crippen LogP contribution in [0.5, 0.6) is 0 Å². The van der Waals surface area contributed by atoms with Crippen LogP contribution in [0.4, 0.5) is 0 Å². The summed E-state index contributed by atoms with van der Waals surface area (Å²) < 4.78 is 27.2. The first-order valence-corrected chi connectivity index (χ1v) is 11.7. The molecule has 2 fully saturated rings. The van der Waals surface area contributed by atoms with Gasteiger partial charge in [0.1, 0.15) is 4.21 Å². The summed E-state index contributed by atoms with van der Waals surface area (Å²) in [6.07, 6.45) is 8.04. The molecule has 1 aromatic rings. The van der Waals surface area contributed by atoms with Crippen LogP contribution in [0.1, 0.15) is 56.7 Å². The maximum atomic E-state index is 12.7. The summed E-state index contributed by atoms with van der Waals surface area (Å²) >= 11 is 1.25. The van der Waals surface area contributed by atoms with Gasteiger partial charge in [-0.1, -0.05) is 19.3 Å². The van der Waals surface area contributed by atoms with E-state index in [4.69, 9.17) is 0 Å². The molecule has 1 aromatic heterocycles. The first kappa shape index (κ1) is 18.9. The van der Waals surface area contributed by atoms with Crippen LogP contribution in [0.25, 0.3) is 0 Å². The highest BCUT2D eigenvalue weighted by atomic mass is 32.2. The summed E-state index contributed by atoms with van der Waals surface area (Å²) in [5.74, 6) is 0.126. The number of rotatable bonds is 6. The smallest absolute Gasteiger partial charge is 0.252 e. The molecule has 140 valence electrons. The van der Waals surface area contributed by atoms with Crippen molar-refractivity contribution < 1.29 is 13.2 Å². The van der Waals surface area contributed by atoms with Gasteiger partial charge in [0, 0.05) is 30.6 Å². The fraction of sp³-hybridized carbons (Fsp3) is 0.722. The van der Waals surface area contributed by atoms with Gasteiger partial charge >= 0.3 is 0 Å². The van der Waals surface area contributed by atoms with Gasteiger partial charge in [0.25, 0.3) is 10.0 Å². The van der Waals surface area contributed by atoms with Crippen molar-refractivity contribution in [1.82, 2.24) is 9.21 Å². The summed E-state index contributed by atoms with van der Waals surface area (Å²) in [4.78, 5) is 15.6. The molecule has 0 bridgehead atoms. The van der Waals surface area contributed by atoms with Crippen molar-refractivity contribution in [3.05, 3.63) is 17.0 Å². The van der Waals surface area contributed by atoms with Crippen LogP contribution in [-0.4, -0.2) is 49.2 Å². The van der Waals surface area contributed by atoms with Crippen LogP contribution in [0.2, 0.25) is 0 Å². The molecule has 2 heterocycles. The summed E-state index contributed by atoms with van der Waals surface area (Å²) in [7, 11) is -3.37. The summed E-state index contributed by atoms with van der Waals surface area (Å²) in [5.41, 5.74) is 0. The Morgan fingerprint density at radius 1 is 1.16 bits per heavy atom. The van der Waals surface area contributed by atoms with Crippen LogP contribution in [0, 0.1) is 0 Å². The molecule has 5 nitrogen and oxygen atoms in total. The molecule has 7 heteroatoms. The lowest BCUT2D eigenvalue weighted by molar-refractivity contribution is -0.133. The first-order chi connectivity index (χ1) is 12.0. The average Bonchev–Trinajstić information content (AvgIpc) is 3.29. The topological polar surface area (TPSA) is 57.7 Å². The Morgan fingerprint density at radius 2 is 1.84 bits per heavy atom. The van der Waals surface area contributed by atoms with Gasteiger partial charge < -0.3 is 4.90 Å². The maximum absolute atomic E-state index is 12.7. The van der Waals surface area contributed by atoms with Crippen molar-refractivity contribution >= 4 is 27.3 Å². The predicted molar refractivity (Wildman–Crippen MR) is 100 cm³/mol. The standard InChI is InChI=1S/C18H28N2O3S2/c1-2-20(15-8-4-3-5-9-15)17(21)14-16-10-11-18(24-16)25(22,23)19-12-6-7-13-19/h10-11,15H,2-9,12-14H2,1H3. The molecule has 25 heavy (non-hydrogen) atoms. The van der Waals surface area contributed by atoms with Crippen molar-refractivity contribution in [2.75, 3.05) is 19.6 Å². The number of carbonyl (C=O) groups is 1. The molecular formula is C18H28N2O3S2. The van der Waals surface area contributed by atoms with E-state index in [0.717, 1.165) is 37.1 Å².